The number of hydrogen-bond donors (Lipinski definition) is 1. The second-order valence-electron chi connectivity index (χ2n) is 4.83. The number of rotatable bonds is 4. The van der Waals surface area contributed by atoms with Gasteiger partial charge in [-0.2, -0.15) is 5.26 Å². The molecule has 0 aliphatic carbocycles. The molecule has 0 saturated heterocycles. The number of nitrogens with zero attached hydrogens (tertiary/aromatic N) is 2. The third kappa shape index (κ3) is 2.92. The Labute approximate surface area is 120 Å². The molecule has 0 radical (unpaired) electrons. The maximum absolute atomic E-state index is 8.92. The fraction of sp³-hybridized carbons (Fsp3) is 0.235. The van der Waals surface area contributed by atoms with Gasteiger partial charge in [0.25, 0.3) is 0 Å². The van der Waals surface area contributed by atoms with E-state index in [-0.39, 0.29) is 0 Å². The molecule has 0 atom stereocenters. The number of para-hydroxylation sites is 2. The summed E-state index contributed by atoms with van der Waals surface area (Å²) in [6, 6.07) is 15.9. The first-order chi connectivity index (χ1) is 9.65. The van der Waals surface area contributed by atoms with Gasteiger partial charge in [-0.15, -0.1) is 0 Å². The standard InChI is InChI=1S/C17H19N3/c1-3-20(17-7-5-4-6-16(17)19)12-15-9-8-14(11-18)10-13(15)2/h4-10H,3,12,19H2,1-2H3. The summed E-state index contributed by atoms with van der Waals surface area (Å²) in [6.07, 6.45) is 0. The van der Waals surface area contributed by atoms with E-state index in [4.69, 9.17) is 11.0 Å². The Kier molecular flexibility index (Phi) is 4.27. The molecule has 20 heavy (non-hydrogen) atoms. The number of nitriles is 1. The van der Waals surface area contributed by atoms with Crippen LogP contribution in [-0.2, 0) is 6.54 Å². The summed E-state index contributed by atoms with van der Waals surface area (Å²) < 4.78 is 0. The van der Waals surface area contributed by atoms with Crippen molar-refractivity contribution in [3.63, 3.8) is 0 Å². The van der Waals surface area contributed by atoms with Crippen LogP contribution in [0.4, 0.5) is 11.4 Å². The summed E-state index contributed by atoms with van der Waals surface area (Å²) in [5.74, 6) is 0. The number of hydrogen-bond acceptors (Lipinski definition) is 3. The molecule has 0 aliphatic rings. The van der Waals surface area contributed by atoms with Gasteiger partial charge < -0.3 is 10.6 Å². The average molecular weight is 265 g/mol. The van der Waals surface area contributed by atoms with Gasteiger partial charge in [0.15, 0.2) is 0 Å². The molecule has 0 unspecified atom stereocenters. The lowest BCUT2D eigenvalue weighted by molar-refractivity contribution is 0.828. The van der Waals surface area contributed by atoms with Gasteiger partial charge in [0.1, 0.15) is 0 Å². The van der Waals surface area contributed by atoms with Crippen LogP contribution in [-0.4, -0.2) is 6.54 Å². The summed E-state index contributed by atoms with van der Waals surface area (Å²) in [6.45, 7) is 5.83. The Morgan fingerprint density at radius 1 is 1.20 bits per heavy atom. The lowest BCUT2D eigenvalue weighted by Gasteiger charge is -2.25. The smallest absolute Gasteiger partial charge is 0.0991 e. The minimum Gasteiger partial charge on any atom is -0.397 e. The van der Waals surface area contributed by atoms with Crippen LogP contribution in [0.15, 0.2) is 42.5 Å². The number of nitrogens with two attached hydrogens (primary N) is 1. The Morgan fingerprint density at radius 3 is 2.55 bits per heavy atom. The van der Waals surface area contributed by atoms with Gasteiger partial charge in [-0.05, 0) is 49.2 Å². The van der Waals surface area contributed by atoms with Gasteiger partial charge in [-0.3, -0.25) is 0 Å². The van der Waals surface area contributed by atoms with Crippen LogP contribution in [0.3, 0.4) is 0 Å². The molecule has 0 heterocycles. The minimum absolute atomic E-state index is 0.702. The molecule has 0 aliphatic heterocycles. The number of anilines is 2. The first-order valence-electron chi connectivity index (χ1n) is 6.74. The molecule has 0 bridgehead atoms. The summed E-state index contributed by atoms with van der Waals surface area (Å²) >= 11 is 0. The molecular weight excluding hydrogens is 246 g/mol. The molecule has 0 amide bonds. The molecular formula is C17H19N3. The quantitative estimate of drug-likeness (QED) is 0.861. The zero-order valence-corrected chi connectivity index (χ0v) is 11.9. The van der Waals surface area contributed by atoms with Crippen molar-refractivity contribution in [3.05, 3.63) is 59.2 Å². The Morgan fingerprint density at radius 2 is 1.95 bits per heavy atom. The zero-order chi connectivity index (χ0) is 14.5. The molecule has 0 spiro atoms. The highest BCUT2D eigenvalue weighted by Crippen LogP contribution is 2.25. The SMILES string of the molecule is CCN(Cc1ccc(C#N)cc1C)c1ccccc1N. The lowest BCUT2D eigenvalue weighted by atomic mass is 10.0. The van der Waals surface area contributed by atoms with Gasteiger partial charge in [0.2, 0.25) is 0 Å². The monoisotopic (exact) mass is 265 g/mol. The molecule has 0 saturated carbocycles. The van der Waals surface area contributed by atoms with E-state index in [1.165, 1.54) is 5.56 Å². The maximum Gasteiger partial charge on any atom is 0.0991 e. The number of aryl methyl sites for hydroxylation is 1. The summed E-state index contributed by atoms with van der Waals surface area (Å²) in [5, 5.41) is 8.92. The zero-order valence-electron chi connectivity index (χ0n) is 11.9. The van der Waals surface area contributed by atoms with Crippen LogP contribution in [0.1, 0.15) is 23.6 Å². The van der Waals surface area contributed by atoms with Crippen molar-refractivity contribution in [1.82, 2.24) is 0 Å². The molecule has 0 fully saturated rings. The van der Waals surface area contributed by atoms with E-state index < -0.39 is 0 Å². The number of nitrogen functional groups attached to an aromatic ring is 1. The Hall–Kier alpha value is -2.47. The molecule has 3 heteroatoms. The molecule has 102 valence electrons. The Bertz CT molecular complexity index is 641. The summed E-state index contributed by atoms with van der Waals surface area (Å²) in [4.78, 5) is 2.24. The second kappa shape index (κ2) is 6.12. The van der Waals surface area contributed by atoms with Crippen molar-refractivity contribution in [2.75, 3.05) is 17.2 Å². The normalized spacial score (nSPS) is 10.1. The van der Waals surface area contributed by atoms with Crippen molar-refractivity contribution < 1.29 is 0 Å². The highest BCUT2D eigenvalue weighted by Gasteiger charge is 2.10. The van der Waals surface area contributed by atoms with E-state index in [9.17, 15) is 0 Å². The van der Waals surface area contributed by atoms with Crippen molar-refractivity contribution in [2.45, 2.75) is 20.4 Å². The minimum atomic E-state index is 0.702. The van der Waals surface area contributed by atoms with E-state index in [1.54, 1.807) is 0 Å². The summed E-state index contributed by atoms with van der Waals surface area (Å²) in [5.41, 5.74) is 11.0. The van der Waals surface area contributed by atoms with E-state index in [1.807, 2.05) is 49.4 Å². The third-order valence-electron chi connectivity index (χ3n) is 3.49. The topological polar surface area (TPSA) is 53.0 Å². The fourth-order valence-corrected chi connectivity index (χ4v) is 2.29. The highest BCUT2D eigenvalue weighted by molar-refractivity contribution is 5.67. The highest BCUT2D eigenvalue weighted by atomic mass is 15.1. The first-order valence-corrected chi connectivity index (χ1v) is 6.74. The fourth-order valence-electron chi connectivity index (χ4n) is 2.29. The number of benzene rings is 2. The summed E-state index contributed by atoms with van der Waals surface area (Å²) in [7, 11) is 0. The van der Waals surface area contributed by atoms with E-state index in [2.05, 4.69) is 17.9 Å². The largest absolute Gasteiger partial charge is 0.397 e. The molecule has 2 aromatic rings. The van der Waals surface area contributed by atoms with Crippen LogP contribution in [0.2, 0.25) is 0 Å². The molecule has 2 N–H and O–H groups in total. The second-order valence-corrected chi connectivity index (χ2v) is 4.83. The first kappa shape index (κ1) is 14.0. The third-order valence-corrected chi connectivity index (χ3v) is 3.49. The van der Waals surface area contributed by atoms with Crippen LogP contribution in [0.25, 0.3) is 0 Å². The molecule has 3 nitrogen and oxygen atoms in total. The van der Waals surface area contributed by atoms with Crippen LogP contribution >= 0.6 is 0 Å². The average Bonchev–Trinajstić information content (AvgIpc) is 2.47. The maximum atomic E-state index is 8.92. The van der Waals surface area contributed by atoms with E-state index >= 15 is 0 Å². The van der Waals surface area contributed by atoms with Gasteiger partial charge in [-0.1, -0.05) is 18.2 Å². The van der Waals surface area contributed by atoms with Crippen molar-refractivity contribution in [3.8, 4) is 6.07 Å². The van der Waals surface area contributed by atoms with E-state index in [0.717, 1.165) is 30.0 Å². The van der Waals surface area contributed by atoms with Crippen molar-refractivity contribution >= 4 is 11.4 Å². The van der Waals surface area contributed by atoms with Crippen molar-refractivity contribution in [1.29, 1.82) is 5.26 Å². The van der Waals surface area contributed by atoms with Crippen LogP contribution in [0, 0.1) is 18.3 Å². The predicted octanol–water partition coefficient (Wildman–Crippen LogP) is 3.48. The van der Waals surface area contributed by atoms with Gasteiger partial charge in [0.05, 0.1) is 23.0 Å². The predicted molar refractivity (Wildman–Crippen MR) is 83.5 cm³/mol. The van der Waals surface area contributed by atoms with E-state index in [0.29, 0.717) is 5.56 Å². The Balaban J connectivity index is 2.28. The lowest BCUT2D eigenvalue weighted by Crippen LogP contribution is -2.23. The van der Waals surface area contributed by atoms with Gasteiger partial charge >= 0.3 is 0 Å². The molecule has 0 aromatic heterocycles. The van der Waals surface area contributed by atoms with Gasteiger partial charge in [-0.25, -0.2) is 0 Å². The van der Waals surface area contributed by atoms with Crippen molar-refractivity contribution in [2.24, 2.45) is 0 Å². The van der Waals surface area contributed by atoms with Gasteiger partial charge in [0, 0.05) is 13.1 Å². The van der Waals surface area contributed by atoms with Crippen LogP contribution < -0.4 is 10.6 Å². The molecule has 2 rings (SSSR count). The van der Waals surface area contributed by atoms with Crippen LogP contribution in [0.5, 0.6) is 0 Å². The molecule has 2 aromatic carbocycles.